The van der Waals surface area contributed by atoms with Gasteiger partial charge in [-0.3, -0.25) is 9.08 Å². The van der Waals surface area contributed by atoms with Crippen LogP contribution < -0.4 is 0 Å². The Balaban J connectivity index is 2.02. The van der Waals surface area contributed by atoms with Crippen molar-refractivity contribution in [3.8, 4) is 11.1 Å². The molecule has 0 radical (unpaired) electrons. The standard InChI is InChI=1S/C19H15F6NO5S/c20-15-12(7-4-8-13(15)11-5-2-1-3-6-11)9-14-16(31-32(29,30)19(23,24)25)18(21,22)10-26(14)17(27)28/h1-8,14,16H,9-10H2,(H,27,28)/t14-,16-/m0/s1. The molecule has 1 aliphatic heterocycles. The zero-order chi connectivity index (χ0) is 23.9. The minimum atomic E-state index is -6.48. The van der Waals surface area contributed by atoms with Gasteiger partial charge in [-0.05, 0) is 17.5 Å². The first kappa shape index (κ1) is 23.9. The van der Waals surface area contributed by atoms with E-state index in [1.165, 1.54) is 12.1 Å². The largest absolute Gasteiger partial charge is 0.523 e. The van der Waals surface area contributed by atoms with E-state index in [9.17, 15) is 40.3 Å². The van der Waals surface area contributed by atoms with Gasteiger partial charge in [0.15, 0.2) is 6.10 Å². The normalized spacial score (nSPS) is 21.0. The van der Waals surface area contributed by atoms with Crippen LogP contribution in [-0.4, -0.2) is 54.6 Å². The molecule has 32 heavy (non-hydrogen) atoms. The minimum absolute atomic E-state index is 0.0371. The van der Waals surface area contributed by atoms with Crippen molar-refractivity contribution < 1.29 is 48.8 Å². The van der Waals surface area contributed by atoms with E-state index < -0.39 is 58.6 Å². The molecule has 0 aliphatic carbocycles. The summed E-state index contributed by atoms with van der Waals surface area (Å²) in [7, 11) is -6.48. The van der Waals surface area contributed by atoms with Gasteiger partial charge in [0.05, 0.1) is 12.6 Å². The van der Waals surface area contributed by atoms with Crippen molar-refractivity contribution in [2.45, 2.75) is 30.0 Å². The van der Waals surface area contributed by atoms with Crippen molar-refractivity contribution in [2.75, 3.05) is 6.54 Å². The van der Waals surface area contributed by atoms with E-state index in [0.29, 0.717) is 5.56 Å². The lowest BCUT2D eigenvalue weighted by atomic mass is 9.96. The Kier molecular flexibility index (Phi) is 6.17. The van der Waals surface area contributed by atoms with E-state index in [4.69, 9.17) is 0 Å². The number of hydrogen-bond donors (Lipinski definition) is 1. The minimum Gasteiger partial charge on any atom is -0.465 e. The molecule has 0 saturated carbocycles. The van der Waals surface area contributed by atoms with Crippen LogP contribution in [0.4, 0.5) is 31.1 Å². The summed E-state index contributed by atoms with van der Waals surface area (Å²) in [4.78, 5) is 11.5. The molecule has 1 amide bonds. The average molecular weight is 483 g/mol. The van der Waals surface area contributed by atoms with Crippen LogP contribution in [0.2, 0.25) is 0 Å². The Labute approximate surface area is 178 Å². The van der Waals surface area contributed by atoms with Crippen molar-refractivity contribution >= 4 is 16.2 Å². The van der Waals surface area contributed by atoms with Crippen molar-refractivity contribution in [3.63, 3.8) is 0 Å². The van der Waals surface area contributed by atoms with Crippen LogP contribution in [-0.2, 0) is 20.7 Å². The molecule has 0 aromatic heterocycles. The number of hydrogen-bond acceptors (Lipinski definition) is 4. The quantitative estimate of drug-likeness (QED) is 0.390. The van der Waals surface area contributed by atoms with Crippen molar-refractivity contribution in [1.82, 2.24) is 4.90 Å². The molecule has 174 valence electrons. The van der Waals surface area contributed by atoms with Gasteiger partial charge in [-0.1, -0.05) is 48.5 Å². The summed E-state index contributed by atoms with van der Waals surface area (Å²) in [6.45, 7) is -1.62. The maximum atomic E-state index is 15.1. The Morgan fingerprint density at radius 1 is 1.12 bits per heavy atom. The highest BCUT2D eigenvalue weighted by Crippen LogP contribution is 2.40. The Morgan fingerprint density at radius 2 is 1.75 bits per heavy atom. The molecule has 2 aromatic rings. The summed E-state index contributed by atoms with van der Waals surface area (Å²) in [5.74, 6) is -5.20. The first-order valence-electron chi connectivity index (χ1n) is 8.94. The summed E-state index contributed by atoms with van der Waals surface area (Å²) in [5, 5.41) is 9.24. The fourth-order valence-electron chi connectivity index (χ4n) is 3.43. The molecule has 3 rings (SSSR count). The molecule has 1 saturated heterocycles. The third-order valence-corrected chi connectivity index (χ3v) is 5.93. The molecule has 1 heterocycles. The highest BCUT2D eigenvalue weighted by atomic mass is 32.2. The molecular weight excluding hydrogens is 468 g/mol. The Hall–Kier alpha value is -2.80. The third-order valence-electron chi connectivity index (χ3n) is 4.90. The van der Waals surface area contributed by atoms with Crippen LogP contribution in [0.5, 0.6) is 0 Å². The topological polar surface area (TPSA) is 83.9 Å². The first-order valence-corrected chi connectivity index (χ1v) is 10.3. The monoisotopic (exact) mass is 483 g/mol. The van der Waals surface area contributed by atoms with Crippen molar-refractivity contribution in [1.29, 1.82) is 0 Å². The molecule has 13 heteroatoms. The third kappa shape index (κ3) is 4.53. The number of rotatable bonds is 5. The van der Waals surface area contributed by atoms with E-state index in [1.54, 1.807) is 30.3 Å². The first-order chi connectivity index (χ1) is 14.7. The number of likely N-dealkylation sites (tertiary alicyclic amines) is 1. The Bertz CT molecular complexity index is 1110. The molecule has 1 aliphatic rings. The van der Waals surface area contributed by atoms with Gasteiger partial charge in [0, 0.05) is 5.56 Å². The lowest BCUT2D eigenvalue weighted by Crippen LogP contribution is -2.46. The zero-order valence-electron chi connectivity index (χ0n) is 15.9. The van der Waals surface area contributed by atoms with Gasteiger partial charge in [-0.25, -0.2) is 18.0 Å². The van der Waals surface area contributed by atoms with E-state index in [1.807, 2.05) is 0 Å². The second-order valence-corrected chi connectivity index (χ2v) is 8.57. The summed E-state index contributed by atoms with van der Waals surface area (Å²) in [6.07, 6.45) is -5.82. The van der Waals surface area contributed by atoms with Crippen molar-refractivity contribution in [3.05, 3.63) is 59.9 Å². The van der Waals surface area contributed by atoms with Gasteiger partial charge in [0.25, 0.3) is 5.92 Å². The van der Waals surface area contributed by atoms with Gasteiger partial charge < -0.3 is 5.11 Å². The molecule has 2 atom stereocenters. The maximum absolute atomic E-state index is 15.1. The van der Waals surface area contributed by atoms with Crippen LogP contribution in [0.25, 0.3) is 11.1 Å². The van der Waals surface area contributed by atoms with Crippen LogP contribution in [0.1, 0.15) is 5.56 Å². The van der Waals surface area contributed by atoms with Crippen LogP contribution in [0.15, 0.2) is 48.5 Å². The maximum Gasteiger partial charge on any atom is 0.523 e. The number of benzene rings is 2. The molecule has 0 spiro atoms. The number of nitrogens with zero attached hydrogens (tertiary/aromatic N) is 1. The molecule has 1 fully saturated rings. The van der Waals surface area contributed by atoms with Gasteiger partial charge in [0.2, 0.25) is 0 Å². The van der Waals surface area contributed by atoms with Crippen LogP contribution in [0.3, 0.4) is 0 Å². The van der Waals surface area contributed by atoms with E-state index in [-0.39, 0.29) is 16.0 Å². The van der Waals surface area contributed by atoms with E-state index >= 15 is 4.39 Å². The predicted octanol–water partition coefficient (Wildman–Crippen LogP) is 4.27. The smallest absolute Gasteiger partial charge is 0.465 e. The lowest BCUT2D eigenvalue weighted by molar-refractivity contribution is -0.0902. The second-order valence-electron chi connectivity index (χ2n) is 7.00. The molecule has 1 N–H and O–H groups in total. The summed E-state index contributed by atoms with van der Waals surface area (Å²) in [5.41, 5.74) is -5.87. The fourth-order valence-corrected chi connectivity index (χ4v) is 4.09. The van der Waals surface area contributed by atoms with Crippen LogP contribution >= 0.6 is 0 Å². The summed E-state index contributed by atoms with van der Waals surface area (Å²) < 4.78 is 108. The highest BCUT2D eigenvalue weighted by molar-refractivity contribution is 7.87. The van der Waals surface area contributed by atoms with Gasteiger partial charge >= 0.3 is 21.7 Å². The molecule has 0 unspecified atom stereocenters. The lowest BCUT2D eigenvalue weighted by Gasteiger charge is -2.26. The molecular formula is C19H15F6NO5S. The van der Waals surface area contributed by atoms with E-state index in [2.05, 4.69) is 4.18 Å². The molecule has 0 bridgehead atoms. The summed E-state index contributed by atoms with van der Waals surface area (Å²) in [6, 6.07) is 9.73. The number of halogens is 6. The molecule has 2 aromatic carbocycles. The predicted molar refractivity (Wildman–Crippen MR) is 98.9 cm³/mol. The zero-order valence-corrected chi connectivity index (χ0v) is 16.7. The molecule has 6 nitrogen and oxygen atoms in total. The van der Waals surface area contributed by atoms with E-state index in [0.717, 1.165) is 6.07 Å². The van der Waals surface area contributed by atoms with Crippen molar-refractivity contribution in [2.24, 2.45) is 0 Å². The second kappa shape index (κ2) is 8.28. The number of carboxylic acid groups (broad SMARTS) is 1. The van der Waals surface area contributed by atoms with Crippen LogP contribution in [0, 0.1) is 5.82 Å². The number of carbonyl (C=O) groups is 1. The fraction of sp³-hybridized carbons (Fsp3) is 0.316. The van der Waals surface area contributed by atoms with Gasteiger partial charge in [-0.2, -0.15) is 21.6 Å². The average Bonchev–Trinajstić information content (AvgIpc) is 2.93. The van der Waals surface area contributed by atoms with Gasteiger partial charge in [-0.15, -0.1) is 0 Å². The van der Waals surface area contributed by atoms with Gasteiger partial charge in [0.1, 0.15) is 5.82 Å². The number of amides is 1. The highest BCUT2D eigenvalue weighted by Gasteiger charge is 2.61. The SMILES string of the molecule is O=C(O)N1CC(F)(F)[C@@H](OS(=O)(=O)C(F)(F)F)[C@@H]1Cc1cccc(-c2ccccc2)c1F. The summed E-state index contributed by atoms with van der Waals surface area (Å²) >= 11 is 0. The Morgan fingerprint density at radius 3 is 2.31 bits per heavy atom. The number of alkyl halides is 5.